The van der Waals surface area contributed by atoms with E-state index >= 15 is 0 Å². The number of rotatable bonds is 5. The Morgan fingerprint density at radius 3 is 2.90 bits per heavy atom. The summed E-state index contributed by atoms with van der Waals surface area (Å²) in [4.78, 5) is 13.1. The van der Waals surface area contributed by atoms with Crippen molar-refractivity contribution >= 4 is 23.5 Å². The highest BCUT2D eigenvalue weighted by Gasteiger charge is 2.11. The van der Waals surface area contributed by atoms with Gasteiger partial charge in [-0.3, -0.25) is 4.79 Å². The Morgan fingerprint density at radius 2 is 2.24 bits per heavy atom. The summed E-state index contributed by atoms with van der Waals surface area (Å²) < 4.78 is 5.41. The Hall–Kier alpha value is -2.14. The Bertz CT molecular complexity index is 662. The van der Waals surface area contributed by atoms with Gasteiger partial charge in [-0.05, 0) is 44.0 Å². The highest BCUT2D eigenvalue weighted by atomic mass is 32.1. The topological polar surface area (TPSA) is 50.7 Å². The lowest BCUT2D eigenvalue weighted by atomic mass is 10.2. The molecule has 1 heterocycles. The molecular weight excluding hydrogens is 284 g/mol. The Morgan fingerprint density at radius 1 is 1.43 bits per heavy atom. The first-order valence-electron chi connectivity index (χ1n) is 6.72. The summed E-state index contributed by atoms with van der Waals surface area (Å²) in [6.45, 7) is 6.50. The van der Waals surface area contributed by atoms with Gasteiger partial charge in [0.25, 0.3) is 5.91 Å². The maximum absolute atomic E-state index is 12.0. The summed E-state index contributed by atoms with van der Waals surface area (Å²) in [5, 5.41) is 5.85. The Balaban J connectivity index is 2.00. The summed E-state index contributed by atoms with van der Waals surface area (Å²) in [7, 11) is 0. The van der Waals surface area contributed by atoms with Crippen molar-refractivity contribution in [1.29, 1.82) is 0 Å². The first kappa shape index (κ1) is 15.3. The Labute approximate surface area is 128 Å². The average Bonchev–Trinajstić information content (AvgIpc) is 2.80. The smallest absolute Gasteiger partial charge is 0.272 e. The fourth-order valence-corrected chi connectivity index (χ4v) is 2.68. The highest BCUT2D eigenvalue weighted by Crippen LogP contribution is 2.20. The van der Waals surface area contributed by atoms with Crippen LogP contribution in [0.5, 0.6) is 5.75 Å². The molecule has 0 fully saturated rings. The van der Waals surface area contributed by atoms with Crippen LogP contribution in [0.4, 0.5) is 0 Å². The summed E-state index contributed by atoms with van der Waals surface area (Å²) in [6.07, 6.45) is 1.61. The van der Waals surface area contributed by atoms with Crippen molar-refractivity contribution in [2.24, 2.45) is 5.10 Å². The van der Waals surface area contributed by atoms with E-state index in [0.717, 1.165) is 21.8 Å². The predicted molar refractivity (Wildman–Crippen MR) is 86.5 cm³/mol. The van der Waals surface area contributed by atoms with Gasteiger partial charge < -0.3 is 4.74 Å². The summed E-state index contributed by atoms with van der Waals surface area (Å²) >= 11 is 1.57. The van der Waals surface area contributed by atoms with Gasteiger partial charge in [0, 0.05) is 10.3 Å². The molecule has 0 aliphatic rings. The number of carbonyl (C=O) groups excluding carboxylic acids is 1. The lowest BCUT2D eigenvalue weighted by Crippen LogP contribution is -2.17. The third kappa shape index (κ3) is 3.92. The monoisotopic (exact) mass is 302 g/mol. The van der Waals surface area contributed by atoms with Crippen molar-refractivity contribution in [3.05, 3.63) is 51.2 Å². The van der Waals surface area contributed by atoms with Crippen molar-refractivity contribution in [3.8, 4) is 5.75 Å². The molecule has 0 aliphatic heterocycles. The third-order valence-electron chi connectivity index (χ3n) is 3.08. The summed E-state index contributed by atoms with van der Waals surface area (Å²) in [5.41, 5.74) is 5.11. The second-order valence-corrected chi connectivity index (χ2v) is 5.62. The molecule has 0 unspecified atom stereocenters. The van der Waals surface area contributed by atoms with Gasteiger partial charge in [0.05, 0.1) is 18.4 Å². The van der Waals surface area contributed by atoms with Crippen LogP contribution in [0.1, 0.15) is 33.3 Å². The molecule has 4 nitrogen and oxygen atoms in total. The van der Waals surface area contributed by atoms with E-state index in [1.54, 1.807) is 17.6 Å². The van der Waals surface area contributed by atoms with Crippen LogP contribution >= 0.6 is 11.3 Å². The number of ether oxygens (including phenoxy) is 1. The maximum atomic E-state index is 12.0. The van der Waals surface area contributed by atoms with Gasteiger partial charge in [0.2, 0.25) is 0 Å². The highest BCUT2D eigenvalue weighted by molar-refractivity contribution is 7.10. The standard InChI is InChI=1S/C16H18N2O2S/c1-4-20-14-7-5-6-13(8-14)9-17-18-16(19)15-10-21-12(3)11(15)2/h5-10H,4H2,1-3H3,(H,18,19). The normalized spacial score (nSPS) is 10.8. The number of nitrogens with one attached hydrogen (secondary N) is 1. The molecule has 0 bridgehead atoms. The molecule has 2 aromatic rings. The number of hydrogen-bond acceptors (Lipinski definition) is 4. The largest absolute Gasteiger partial charge is 0.494 e. The Kier molecular flexibility index (Phi) is 5.11. The molecule has 0 atom stereocenters. The zero-order valence-corrected chi connectivity index (χ0v) is 13.2. The average molecular weight is 302 g/mol. The molecule has 0 radical (unpaired) electrons. The van der Waals surface area contributed by atoms with Crippen molar-refractivity contribution in [3.63, 3.8) is 0 Å². The van der Waals surface area contributed by atoms with Gasteiger partial charge >= 0.3 is 0 Å². The third-order valence-corrected chi connectivity index (χ3v) is 4.09. The molecule has 21 heavy (non-hydrogen) atoms. The van der Waals surface area contributed by atoms with Gasteiger partial charge in [-0.25, -0.2) is 5.43 Å². The van der Waals surface area contributed by atoms with Crippen molar-refractivity contribution < 1.29 is 9.53 Å². The van der Waals surface area contributed by atoms with Crippen LogP contribution in [-0.4, -0.2) is 18.7 Å². The van der Waals surface area contributed by atoms with Crippen molar-refractivity contribution in [1.82, 2.24) is 5.43 Å². The molecule has 0 spiro atoms. The van der Waals surface area contributed by atoms with Gasteiger partial charge in [0.15, 0.2) is 0 Å². The zero-order valence-electron chi connectivity index (χ0n) is 12.3. The second kappa shape index (κ2) is 7.04. The molecule has 1 N–H and O–H groups in total. The van der Waals surface area contributed by atoms with E-state index < -0.39 is 0 Å². The van der Waals surface area contributed by atoms with E-state index in [1.165, 1.54) is 0 Å². The van der Waals surface area contributed by atoms with Crippen molar-refractivity contribution in [2.75, 3.05) is 6.61 Å². The van der Waals surface area contributed by atoms with Crippen LogP contribution < -0.4 is 10.2 Å². The van der Waals surface area contributed by atoms with Crippen LogP contribution in [0.15, 0.2) is 34.7 Å². The summed E-state index contributed by atoms with van der Waals surface area (Å²) in [6, 6.07) is 7.55. The summed E-state index contributed by atoms with van der Waals surface area (Å²) in [5.74, 6) is 0.603. The fraction of sp³-hybridized carbons (Fsp3) is 0.250. The quantitative estimate of drug-likeness (QED) is 0.678. The molecule has 1 aromatic carbocycles. The molecule has 1 aromatic heterocycles. The van der Waals surface area contributed by atoms with Crippen molar-refractivity contribution in [2.45, 2.75) is 20.8 Å². The first-order chi connectivity index (χ1) is 10.1. The van der Waals surface area contributed by atoms with Gasteiger partial charge in [0.1, 0.15) is 5.75 Å². The molecule has 0 saturated carbocycles. The van der Waals surface area contributed by atoms with E-state index in [0.29, 0.717) is 12.2 Å². The molecule has 5 heteroatoms. The number of carbonyl (C=O) groups is 1. The molecule has 1 amide bonds. The maximum Gasteiger partial charge on any atom is 0.272 e. The van der Waals surface area contributed by atoms with Crippen LogP contribution in [0.3, 0.4) is 0 Å². The number of hydrazone groups is 1. The lowest BCUT2D eigenvalue weighted by molar-refractivity contribution is 0.0955. The van der Waals surface area contributed by atoms with E-state index in [2.05, 4.69) is 10.5 Å². The number of thiophene rings is 1. The fourth-order valence-electron chi connectivity index (χ4n) is 1.81. The van der Waals surface area contributed by atoms with E-state index in [1.807, 2.05) is 50.4 Å². The van der Waals surface area contributed by atoms with Crippen LogP contribution in [0.2, 0.25) is 0 Å². The zero-order chi connectivity index (χ0) is 15.2. The minimum Gasteiger partial charge on any atom is -0.494 e. The second-order valence-electron chi connectivity index (χ2n) is 4.54. The number of amides is 1. The number of nitrogens with zero attached hydrogens (tertiary/aromatic N) is 1. The molecule has 110 valence electrons. The lowest BCUT2D eigenvalue weighted by Gasteiger charge is -2.03. The van der Waals surface area contributed by atoms with Gasteiger partial charge in [-0.1, -0.05) is 12.1 Å². The first-order valence-corrected chi connectivity index (χ1v) is 7.60. The molecular formula is C16H18N2O2S. The number of aryl methyl sites for hydroxylation is 1. The minimum absolute atomic E-state index is 0.186. The van der Waals surface area contributed by atoms with Crippen LogP contribution in [-0.2, 0) is 0 Å². The number of benzene rings is 1. The van der Waals surface area contributed by atoms with E-state index in [-0.39, 0.29) is 5.91 Å². The van der Waals surface area contributed by atoms with Gasteiger partial charge in [-0.2, -0.15) is 5.10 Å². The van der Waals surface area contributed by atoms with Gasteiger partial charge in [-0.15, -0.1) is 11.3 Å². The number of hydrogen-bond donors (Lipinski definition) is 1. The van der Waals surface area contributed by atoms with Crippen LogP contribution in [0, 0.1) is 13.8 Å². The SMILES string of the molecule is CCOc1cccc(C=NNC(=O)c2csc(C)c2C)c1. The van der Waals surface area contributed by atoms with E-state index in [4.69, 9.17) is 4.74 Å². The predicted octanol–water partition coefficient (Wildman–Crippen LogP) is 3.53. The minimum atomic E-state index is -0.186. The molecule has 0 saturated heterocycles. The molecule has 0 aliphatic carbocycles. The van der Waals surface area contributed by atoms with Crippen LogP contribution in [0.25, 0.3) is 0 Å². The van der Waals surface area contributed by atoms with E-state index in [9.17, 15) is 4.79 Å². The molecule has 2 rings (SSSR count).